The minimum atomic E-state index is -0.358. The Kier molecular flexibility index (Phi) is 3.66. The summed E-state index contributed by atoms with van der Waals surface area (Å²) in [7, 11) is 1.37. The SMILES string of the molecule is CCc1c(C(=O)OC)ccc(C2CCC2)c1C#N. The van der Waals surface area contributed by atoms with Crippen molar-refractivity contribution in [2.24, 2.45) is 0 Å². The summed E-state index contributed by atoms with van der Waals surface area (Å²) < 4.78 is 4.77. The molecule has 0 unspecified atom stereocenters. The van der Waals surface area contributed by atoms with E-state index >= 15 is 0 Å². The van der Waals surface area contributed by atoms with Crippen LogP contribution in [0.4, 0.5) is 0 Å². The van der Waals surface area contributed by atoms with Crippen molar-refractivity contribution in [1.82, 2.24) is 0 Å². The van der Waals surface area contributed by atoms with Crippen LogP contribution < -0.4 is 0 Å². The van der Waals surface area contributed by atoms with E-state index in [-0.39, 0.29) is 5.97 Å². The number of benzene rings is 1. The summed E-state index contributed by atoms with van der Waals surface area (Å²) in [4.78, 5) is 11.7. The van der Waals surface area contributed by atoms with Crippen LogP contribution in [0.5, 0.6) is 0 Å². The van der Waals surface area contributed by atoms with E-state index in [0.717, 1.165) is 24.0 Å². The third-order valence-corrected chi connectivity index (χ3v) is 3.76. The van der Waals surface area contributed by atoms with E-state index in [1.165, 1.54) is 13.5 Å². The van der Waals surface area contributed by atoms with Crippen LogP contribution >= 0.6 is 0 Å². The Morgan fingerprint density at radius 1 is 1.50 bits per heavy atom. The lowest BCUT2D eigenvalue weighted by Gasteiger charge is -2.27. The topological polar surface area (TPSA) is 50.1 Å². The summed E-state index contributed by atoms with van der Waals surface area (Å²) in [6.07, 6.45) is 4.20. The Morgan fingerprint density at radius 2 is 2.22 bits per heavy atom. The van der Waals surface area contributed by atoms with E-state index < -0.39 is 0 Å². The number of ether oxygens (including phenoxy) is 1. The number of carbonyl (C=O) groups is 1. The van der Waals surface area contributed by atoms with Gasteiger partial charge in [-0.15, -0.1) is 0 Å². The first-order valence-corrected chi connectivity index (χ1v) is 6.37. The van der Waals surface area contributed by atoms with Gasteiger partial charge in [-0.05, 0) is 42.4 Å². The summed E-state index contributed by atoms with van der Waals surface area (Å²) in [6.45, 7) is 1.97. The maximum absolute atomic E-state index is 11.7. The summed E-state index contributed by atoms with van der Waals surface area (Å²) in [5, 5.41) is 9.38. The van der Waals surface area contributed by atoms with Crippen molar-refractivity contribution >= 4 is 5.97 Å². The maximum atomic E-state index is 11.7. The van der Waals surface area contributed by atoms with Crippen LogP contribution in [0.3, 0.4) is 0 Å². The van der Waals surface area contributed by atoms with Gasteiger partial charge in [0.05, 0.1) is 24.3 Å². The minimum absolute atomic E-state index is 0.358. The van der Waals surface area contributed by atoms with E-state index in [4.69, 9.17) is 4.74 Å². The molecule has 0 bridgehead atoms. The van der Waals surface area contributed by atoms with Crippen molar-refractivity contribution < 1.29 is 9.53 Å². The number of nitrogens with zero attached hydrogens (tertiary/aromatic N) is 1. The van der Waals surface area contributed by atoms with Crippen LogP contribution in [0.2, 0.25) is 0 Å². The van der Waals surface area contributed by atoms with Gasteiger partial charge in [0.25, 0.3) is 0 Å². The molecule has 0 saturated heterocycles. The molecule has 0 aromatic heterocycles. The number of hydrogen-bond acceptors (Lipinski definition) is 3. The largest absolute Gasteiger partial charge is 0.465 e. The van der Waals surface area contributed by atoms with Gasteiger partial charge in [0.2, 0.25) is 0 Å². The van der Waals surface area contributed by atoms with Gasteiger partial charge >= 0.3 is 5.97 Å². The highest BCUT2D eigenvalue weighted by Crippen LogP contribution is 2.39. The molecule has 1 aliphatic rings. The van der Waals surface area contributed by atoms with Gasteiger partial charge in [-0.3, -0.25) is 0 Å². The highest BCUT2D eigenvalue weighted by molar-refractivity contribution is 5.92. The predicted molar refractivity (Wildman–Crippen MR) is 68.5 cm³/mol. The lowest BCUT2D eigenvalue weighted by Crippen LogP contribution is -2.14. The van der Waals surface area contributed by atoms with Gasteiger partial charge in [0.1, 0.15) is 0 Å². The Bertz CT molecular complexity index is 510. The second kappa shape index (κ2) is 5.22. The van der Waals surface area contributed by atoms with Gasteiger partial charge in [-0.2, -0.15) is 5.26 Å². The van der Waals surface area contributed by atoms with Gasteiger partial charge in [-0.25, -0.2) is 4.79 Å². The Labute approximate surface area is 107 Å². The molecule has 1 saturated carbocycles. The number of methoxy groups -OCH3 is 1. The third-order valence-electron chi connectivity index (χ3n) is 3.76. The number of hydrogen-bond donors (Lipinski definition) is 0. The molecular weight excluding hydrogens is 226 g/mol. The zero-order valence-electron chi connectivity index (χ0n) is 10.8. The molecule has 1 aliphatic carbocycles. The van der Waals surface area contributed by atoms with Crippen molar-refractivity contribution in [3.8, 4) is 6.07 Å². The molecule has 18 heavy (non-hydrogen) atoms. The van der Waals surface area contributed by atoms with Crippen LogP contribution in [-0.2, 0) is 11.2 Å². The molecule has 0 heterocycles. The maximum Gasteiger partial charge on any atom is 0.338 e. The molecule has 0 N–H and O–H groups in total. The second-order valence-electron chi connectivity index (χ2n) is 4.64. The minimum Gasteiger partial charge on any atom is -0.465 e. The smallest absolute Gasteiger partial charge is 0.338 e. The van der Waals surface area contributed by atoms with E-state index in [1.807, 2.05) is 13.0 Å². The Hall–Kier alpha value is -1.82. The Morgan fingerprint density at radius 3 is 2.67 bits per heavy atom. The van der Waals surface area contributed by atoms with Crippen molar-refractivity contribution in [2.75, 3.05) is 7.11 Å². The normalized spacial score (nSPS) is 14.7. The Balaban J connectivity index is 2.53. The van der Waals surface area contributed by atoms with Crippen LogP contribution in [0.25, 0.3) is 0 Å². The van der Waals surface area contributed by atoms with Crippen LogP contribution in [0, 0.1) is 11.3 Å². The number of carbonyl (C=O) groups excluding carboxylic acids is 1. The predicted octanol–water partition coefficient (Wildman–Crippen LogP) is 3.17. The van der Waals surface area contributed by atoms with Crippen molar-refractivity contribution in [1.29, 1.82) is 5.26 Å². The van der Waals surface area contributed by atoms with E-state index in [1.54, 1.807) is 6.07 Å². The van der Waals surface area contributed by atoms with Gasteiger partial charge in [0, 0.05) is 0 Å². The number of rotatable bonds is 3. The van der Waals surface area contributed by atoms with Crippen LogP contribution in [-0.4, -0.2) is 13.1 Å². The molecule has 94 valence electrons. The summed E-state index contributed by atoms with van der Waals surface area (Å²) in [5.74, 6) is 0.139. The third kappa shape index (κ3) is 1.99. The highest BCUT2D eigenvalue weighted by Gasteiger charge is 2.25. The molecule has 1 aromatic rings. The molecule has 3 heteroatoms. The summed E-state index contributed by atoms with van der Waals surface area (Å²) >= 11 is 0. The molecule has 0 spiro atoms. The van der Waals surface area contributed by atoms with Crippen molar-refractivity contribution in [2.45, 2.75) is 38.5 Å². The van der Waals surface area contributed by atoms with Crippen molar-refractivity contribution in [3.63, 3.8) is 0 Å². The standard InChI is InChI=1S/C15H17NO2/c1-3-11-13(15(17)18-2)8-7-12(14(11)9-16)10-5-4-6-10/h7-8,10H,3-6H2,1-2H3. The molecular formula is C15H17NO2. The molecule has 0 amide bonds. The average Bonchev–Trinajstić information content (AvgIpc) is 2.35. The van der Waals surface area contributed by atoms with Gasteiger partial charge < -0.3 is 4.74 Å². The first-order valence-electron chi connectivity index (χ1n) is 6.37. The number of esters is 1. The monoisotopic (exact) mass is 243 g/mol. The van der Waals surface area contributed by atoms with Crippen LogP contribution in [0.1, 0.15) is 59.2 Å². The fourth-order valence-electron chi connectivity index (χ4n) is 2.53. The number of nitriles is 1. The fourth-order valence-corrected chi connectivity index (χ4v) is 2.53. The molecule has 2 rings (SSSR count). The molecule has 0 atom stereocenters. The second-order valence-corrected chi connectivity index (χ2v) is 4.64. The van der Waals surface area contributed by atoms with E-state index in [2.05, 4.69) is 6.07 Å². The zero-order chi connectivity index (χ0) is 13.1. The van der Waals surface area contributed by atoms with Crippen molar-refractivity contribution in [3.05, 3.63) is 34.4 Å². The van der Waals surface area contributed by atoms with E-state index in [0.29, 0.717) is 23.5 Å². The van der Waals surface area contributed by atoms with E-state index in [9.17, 15) is 10.1 Å². The molecule has 1 fully saturated rings. The molecule has 0 aliphatic heterocycles. The molecule has 0 radical (unpaired) electrons. The average molecular weight is 243 g/mol. The van der Waals surface area contributed by atoms with Gasteiger partial charge in [0.15, 0.2) is 0 Å². The highest BCUT2D eigenvalue weighted by atomic mass is 16.5. The first-order chi connectivity index (χ1) is 8.72. The lowest BCUT2D eigenvalue weighted by atomic mass is 9.76. The molecule has 1 aromatic carbocycles. The molecule has 3 nitrogen and oxygen atoms in total. The van der Waals surface area contributed by atoms with Gasteiger partial charge in [-0.1, -0.05) is 19.4 Å². The quantitative estimate of drug-likeness (QED) is 0.766. The zero-order valence-corrected chi connectivity index (χ0v) is 10.8. The fraction of sp³-hybridized carbons (Fsp3) is 0.467. The first kappa shape index (κ1) is 12.6. The lowest BCUT2D eigenvalue weighted by molar-refractivity contribution is 0.0599. The summed E-state index contributed by atoms with van der Waals surface area (Å²) in [6, 6.07) is 6.00. The van der Waals surface area contributed by atoms with Crippen LogP contribution in [0.15, 0.2) is 12.1 Å². The summed E-state index contributed by atoms with van der Waals surface area (Å²) in [5.41, 5.74) is 3.15.